The molecule has 2 rings (SSSR count). The number of sulfonamides is 1. The second-order valence-electron chi connectivity index (χ2n) is 4.79. The van der Waals surface area contributed by atoms with Crippen LogP contribution in [0, 0.1) is 5.82 Å². The summed E-state index contributed by atoms with van der Waals surface area (Å²) >= 11 is 0. The minimum Gasteiger partial charge on any atom is -0.329 e. The molecule has 0 bridgehead atoms. The van der Waals surface area contributed by atoms with Crippen LogP contribution >= 0.6 is 0 Å². The molecule has 118 valence electrons. The number of alkyl halides is 3. The normalized spacial score (nSPS) is 20.9. The number of nitrogens with zero attached hydrogens (tertiary/aromatic N) is 1. The van der Waals surface area contributed by atoms with Crippen molar-refractivity contribution >= 4 is 10.0 Å². The Balaban J connectivity index is 2.46. The van der Waals surface area contributed by atoms with Crippen LogP contribution in [0.2, 0.25) is 0 Å². The van der Waals surface area contributed by atoms with E-state index in [2.05, 4.69) is 0 Å². The maximum absolute atomic E-state index is 13.2. The standard InChI is InChI=1S/C12H14F4N2O2S/c13-11-4-3-9(6-10(11)12(14,15)16)21(19,20)18-5-1-2-8(18)7-17/h3-4,6,8H,1-2,5,7,17H2/t8-/m0/s1. The summed E-state index contributed by atoms with van der Waals surface area (Å²) < 4.78 is 77.1. The summed E-state index contributed by atoms with van der Waals surface area (Å²) in [5.41, 5.74) is 3.89. The molecule has 1 atom stereocenters. The SMILES string of the molecule is NC[C@@H]1CCCN1S(=O)(=O)c1ccc(F)c(C(F)(F)F)c1. The molecule has 0 spiro atoms. The largest absolute Gasteiger partial charge is 0.419 e. The van der Waals surface area contributed by atoms with Gasteiger partial charge in [0.2, 0.25) is 10.0 Å². The van der Waals surface area contributed by atoms with Crippen molar-refractivity contribution in [1.29, 1.82) is 0 Å². The highest BCUT2D eigenvalue weighted by Crippen LogP contribution is 2.34. The summed E-state index contributed by atoms with van der Waals surface area (Å²) in [4.78, 5) is -0.573. The van der Waals surface area contributed by atoms with Crippen LogP contribution in [0.3, 0.4) is 0 Å². The van der Waals surface area contributed by atoms with E-state index in [1.54, 1.807) is 0 Å². The highest BCUT2D eigenvalue weighted by atomic mass is 32.2. The Hall–Kier alpha value is -1.19. The molecule has 0 aliphatic carbocycles. The van der Waals surface area contributed by atoms with Gasteiger partial charge in [-0.15, -0.1) is 0 Å². The summed E-state index contributed by atoms with van der Waals surface area (Å²) in [6.45, 7) is 0.287. The molecule has 0 saturated carbocycles. The van der Waals surface area contributed by atoms with E-state index >= 15 is 0 Å². The van der Waals surface area contributed by atoms with Crippen molar-refractivity contribution in [3.63, 3.8) is 0 Å². The van der Waals surface area contributed by atoms with Gasteiger partial charge in [-0.05, 0) is 31.0 Å². The number of nitrogens with two attached hydrogens (primary N) is 1. The first-order valence-corrected chi connectivity index (χ1v) is 7.70. The van der Waals surface area contributed by atoms with Gasteiger partial charge >= 0.3 is 6.18 Å². The van der Waals surface area contributed by atoms with E-state index < -0.39 is 38.5 Å². The van der Waals surface area contributed by atoms with Gasteiger partial charge in [0.1, 0.15) is 5.82 Å². The molecule has 0 radical (unpaired) electrons. The summed E-state index contributed by atoms with van der Waals surface area (Å²) in [6.07, 6.45) is -3.80. The Labute approximate surface area is 119 Å². The lowest BCUT2D eigenvalue weighted by molar-refractivity contribution is -0.140. The predicted molar refractivity (Wildman–Crippen MR) is 67.4 cm³/mol. The lowest BCUT2D eigenvalue weighted by Gasteiger charge is -2.23. The van der Waals surface area contributed by atoms with Crippen molar-refractivity contribution in [3.05, 3.63) is 29.6 Å². The zero-order valence-electron chi connectivity index (χ0n) is 10.9. The third-order valence-electron chi connectivity index (χ3n) is 3.45. The van der Waals surface area contributed by atoms with Crippen LogP contribution in [-0.2, 0) is 16.2 Å². The third-order valence-corrected chi connectivity index (χ3v) is 5.39. The quantitative estimate of drug-likeness (QED) is 0.864. The smallest absolute Gasteiger partial charge is 0.329 e. The minimum absolute atomic E-state index is 0.0898. The van der Waals surface area contributed by atoms with E-state index in [1.165, 1.54) is 0 Å². The second kappa shape index (κ2) is 5.54. The third kappa shape index (κ3) is 3.04. The molecular formula is C12H14F4N2O2S. The van der Waals surface area contributed by atoms with E-state index in [1.807, 2.05) is 0 Å². The first kappa shape index (κ1) is 16.2. The van der Waals surface area contributed by atoms with Crippen molar-refractivity contribution in [2.24, 2.45) is 5.73 Å². The number of hydrogen-bond donors (Lipinski definition) is 1. The van der Waals surface area contributed by atoms with Gasteiger partial charge in [-0.25, -0.2) is 12.8 Å². The van der Waals surface area contributed by atoms with Crippen LogP contribution < -0.4 is 5.73 Å². The molecule has 0 amide bonds. The molecule has 0 unspecified atom stereocenters. The van der Waals surface area contributed by atoms with Crippen LogP contribution in [0.4, 0.5) is 17.6 Å². The van der Waals surface area contributed by atoms with Crippen LogP contribution in [0.25, 0.3) is 0 Å². The molecule has 9 heteroatoms. The monoisotopic (exact) mass is 326 g/mol. The lowest BCUT2D eigenvalue weighted by atomic mass is 10.2. The van der Waals surface area contributed by atoms with Gasteiger partial charge in [0.05, 0.1) is 10.5 Å². The topological polar surface area (TPSA) is 63.4 Å². The first-order valence-electron chi connectivity index (χ1n) is 6.26. The van der Waals surface area contributed by atoms with Gasteiger partial charge in [-0.3, -0.25) is 0 Å². The molecule has 1 aromatic rings. The molecular weight excluding hydrogens is 312 g/mol. The van der Waals surface area contributed by atoms with Gasteiger partial charge in [0.15, 0.2) is 0 Å². The van der Waals surface area contributed by atoms with Crippen molar-refractivity contribution in [3.8, 4) is 0 Å². The van der Waals surface area contributed by atoms with E-state index in [0.29, 0.717) is 25.0 Å². The van der Waals surface area contributed by atoms with Crippen molar-refractivity contribution in [2.45, 2.75) is 30.0 Å². The Morgan fingerprint density at radius 2 is 2.00 bits per heavy atom. The van der Waals surface area contributed by atoms with Gasteiger partial charge in [-0.1, -0.05) is 0 Å². The van der Waals surface area contributed by atoms with Crippen LogP contribution in [0.15, 0.2) is 23.1 Å². The molecule has 1 aliphatic heterocycles. The average molecular weight is 326 g/mol. The molecule has 1 fully saturated rings. The van der Waals surface area contributed by atoms with Crippen LogP contribution in [0.1, 0.15) is 18.4 Å². The van der Waals surface area contributed by atoms with Gasteiger partial charge < -0.3 is 5.73 Å². The molecule has 2 N–H and O–H groups in total. The first-order chi connectivity index (χ1) is 9.67. The Bertz CT molecular complexity index is 631. The van der Waals surface area contributed by atoms with Gasteiger partial charge in [-0.2, -0.15) is 17.5 Å². The molecule has 1 aliphatic rings. The molecule has 1 heterocycles. The fourth-order valence-electron chi connectivity index (χ4n) is 2.38. The van der Waals surface area contributed by atoms with Crippen LogP contribution in [0.5, 0.6) is 0 Å². The fourth-order valence-corrected chi connectivity index (χ4v) is 4.11. The van der Waals surface area contributed by atoms with Crippen molar-refractivity contribution in [2.75, 3.05) is 13.1 Å². The van der Waals surface area contributed by atoms with E-state index in [4.69, 9.17) is 5.73 Å². The average Bonchev–Trinajstić information content (AvgIpc) is 2.86. The van der Waals surface area contributed by atoms with E-state index in [9.17, 15) is 26.0 Å². The number of benzene rings is 1. The summed E-state index contributed by atoms with van der Waals surface area (Å²) in [5, 5.41) is 0. The van der Waals surface area contributed by atoms with Gasteiger partial charge in [0, 0.05) is 19.1 Å². The Kier molecular flexibility index (Phi) is 4.27. The highest BCUT2D eigenvalue weighted by molar-refractivity contribution is 7.89. The number of halogens is 4. The fraction of sp³-hybridized carbons (Fsp3) is 0.500. The molecule has 1 aromatic carbocycles. The zero-order valence-corrected chi connectivity index (χ0v) is 11.7. The van der Waals surface area contributed by atoms with Crippen LogP contribution in [-0.4, -0.2) is 31.9 Å². The van der Waals surface area contributed by atoms with E-state index in [-0.39, 0.29) is 13.1 Å². The van der Waals surface area contributed by atoms with Crippen molar-refractivity contribution < 1.29 is 26.0 Å². The number of rotatable bonds is 3. The van der Waals surface area contributed by atoms with Gasteiger partial charge in [0.25, 0.3) is 0 Å². The molecule has 21 heavy (non-hydrogen) atoms. The van der Waals surface area contributed by atoms with Crippen molar-refractivity contribution in [1.82, 2.24) is 4.31 Å². The predicted octanol–water partition coefficient (Wildman–Crippen LogP) is 1.96. The van der Waals surface area contributed by atoms with E-state index in [0.717, 1.165) is 10.4 Å². The molecule has 0 aromatic heterocycles. The summed E-state index contributed by atoms with van der Waals surface area (Å²) in [7, 11) is -4.11. The summed E-state index contributed by atoms with van der Waals surface area (Å²) in [6, 6.07) is 1.25. The molecule has 1 saturated heterocycles. The maximum atomic E-state index is 13.2. The second-order valence-corrected chi connectivity index (χ2v) is 6.68. The maximum Gasteiger partial charge on any atom is 0.419 e. The number of hydrogen-bond acceptors (Lipinski definition) is 3. The highest BCUT2D eigenvalue weighted by Gasteiger charge is 2.38. The minimum atomic E-state index is -4.95. The Morgan fingerprint density at radius 3 is 2.57 bits per heavy atom. The Morgan fingerprint density at radius 1 is 1.33 bits per heavy atom. The zero-order chi connectivity index (χ0) is 15.8. The lowest BCUT2D eigenvalue weighted by Crippen LogP contribution is -2.39. The summed E-state index contributed by atoms with van der Waals surface area (Å²) in [5.74, 6) is -1.50. The molecule has 4 nitrogen and oxygen atoms in total.